The molecule has 3 heterocycles. The SMILES string of the molecule is Cc1nn(-c2ccccn2)c(N)c1[C@@H]1CC(=O)N(c2ccc(Cl)cc2Cl)C1=O. The molecule has 1 fully saturated rings. The normalized spacial score (nSPS) is 16.8. The summed E-state index contributed by atoms with van der Waals surface area (Å²) in [6, 6.07) is 9.97. The lowest BCUT2D eigenvalue weighted by Crippen LogP contribution is -2.30. The summed E-state index contributed by atoms with van der Waals surface area (Å²) in [6.07, 6.45) is 1.61. The van der Waals surface area contributed by atoms with Crippen molar-refractivity contribution in [3.8, 4) is 5.82 Å². The molecule has 0 spiro atoms. The van der Waals surface area contributed by atoms with Gasteiger partial charge in [-0.15, -0.1) is 0 Å². The van der Waals surface area contributed by atoms with Gasteiger partial charge in [0.25, 0.3) is 0 Å². The number of aromatic nitrogens is 3. The van der Waals surface area contributed by atoms with Gasteiger partial charge in [-0.1, -0.05) is 29.3 Å². The lowest BCUT2D eigenvalue weighted by molar-refractivity contribution is -0.121. The van der Waals surface area contributed by atoms with E-state index in [1.807, 2.05) is 6.07 Å². The highest BCUT2D eigenvalue weighted by Crippen LogP contribution is 2.40. The van der Waals surface area contributed by atoms with Crippen molar-refractivity contribution in [2.45, 2.75) is 19.3 Å². The Hall–Kier alpha value is -2.90. The van der Waals surface area contributed by atoms with E-state index in [-0.39, 0.29) is 23.2 Å². The van der Waals surface area contributed by atoms with Crippen molar-refractivity contribution >= 4 is 46.5 Å². The smallest absolute Gasteiger partial charge is 0.242 e. The van der Waals surface area contributed by atoms with E-state index in [4.69, 9.17) is 28.9 Å². The Kier molecular flexibility index (Phi) is 4.56. The van der Waals surface area contributed by atoms with Crippen LogP contribution in [0.5, 0.6) is 0 Å². The quantitative estimate of drug-likeness (QED) is 0.660. The Morgan fingerprint density at radius 3 is 2.64 bits per heavy atom. The first-order valence-corrected chi connectivity index (χ1v) is 9.22. The number of rotatable bonds is 3. The zero-order chi connectivity index (χ0) is 20.0. The molecule has 4 rings (SSSR count). The lowest BCUT2D eigenvalue weighted by Gasteiger charge is -2.17. The van der Waals surface area contributed by atoms with E-state index in [0.717, 1.165) is 4.90 Å². The maximum absolute atomic E-state index is 13.1. The van der Waals surface area contributed by atoms with Crippen molar-refractivity contribution in [3.63, 3.8) is 0 Å². The summed E-state index contributed by atoms with van der Waals surface area (Å²) >= 11 is 12.1. The summed E-state index contributed by atoms with van der Waals surface area (Å²) in [5.74, 6) is -0.681. The van der Waals surface area contributed by atoms with Crippen molar-refractivity contribution in [1.29, 1.82) is 0 Å². The Labute approximate surface area is 170 Å². The Morgan fingerprint density at radius 2 is 1.96 bits per heavy atom. The molecule has 0 aliphatic carbocycles. The highest BCUT2D eigenvalue weighted by atomic mass is 35.5. The molecular weight excluding hydrogens is 401 g/mol. The summed E-state index contributed by atoms with van der Waals surface area (Å²) in [6.45, 7) is 1.75. The number of benzene rings is 1. The second-order valence-corrected chi connectivity index (χ2v) is 7.25. The lowest BCUT2D eigenvalue weighted by atomic mass is 9.97. The molecule has 2 amide bonds. The molecule has 1 aliphatic heterocycles. The minimum atomic E-state index is -0.739. The van der Waals surface area contributed by atoms with Crippen LogP contribution in [0.2, 0.25) is 10.0 Å². The van der Waals surface area contributed by atoms with Crippen LogP contribution in [0, 0.1) is 6.92 Å². The fourth-order valence-corrected chi connectivity index (χ4v) is 3.91. The molecule has 0 bridgehead atoms. The molecule has 28 heavy (non-hydrogen) atoms. The van der Waals surface area contributed by atoms with Crippen molar-refractivity contribution in [2.75, 3.05) is 10.6 Å². The van der Waals surface area contributed by atoms with Gasteiger partial charge in [-0.05, 0) is 37.3 Å². The van der Waals surface area contributed by atoms with E-state index in [1.54, 1.807) is 37.4 Å². The first kappa shape index (κ1) is 18.5. The van der Waals surface area contributed by atoms with Gasteiger partial charge in [-0.2, -0.15) is 9.78 Å². The minimum absolute atomic E-state index is 0.0171. The number of anilines is 2. The van der Waals surface area contributed by atoms with Crippen molar-refractivity contribution in [2.24, 2.45) is 0 Å². The second kappa shape index (κ2) is 6.92. The molecule has 1 aliphatic rings. The maximum Gasteiger partial charge on any atom is 0.242 e. The van der Waals surface area contributed by atoms with Crippen LogP contribution in [-0.2, 0) is 9.59 Å². The van der Waals surface area contributed by atoms with Gasteiger partial charge in [0, 0.05) is 23.2 Å². The summed E-state index contributed by atoms with van der Waals surface area (Å²) in [7, 11) is 0. The fraction of sp³-hybridized carbons (Fsp3) is 0.158. The minimum Gasteiger partial charge on any atom is -0.383 e. The molecule has 0 saturated carbocycles. The molecule has 0 unspecified atom stereocenters. The molecule has 1 aromatic carbocycles. The van der Waals surface area contributed by atoms with Gasteiger partial charge in [-0.3, -0.25) is 9.59 Å². The van der Waals surface area contributed by atoms with Gasteiger partial charge in [0.05, 0.1) is 22.3 Å². The molecule has 1 atom stereocenters. The number of carbonyl (C=O) groups excluding carboxylic acids is 2. The van der Waals surface area contributed by atoms with E-state index in [2.05, 4.69) is 10.1 Å². The third kappa shape index (κ3) is 2.93. The molecule has 2 N–H and O–H groups in total. The first-order valence-electron chi connectivity index (χ1n) is 8.46. The number of nitrogen functional groups attached to an aromatic ring is 1. The fourth-order valence-electron chi connectivity index (χ4n) is 3.41. The number of amides is 2. The standard InChI is InChI=1S/C19H15Cl2N5O2/c1-10-17(18(22)26(24-10)15-4-2-3-7-23-15)12-9-16(27)25(19(12)28)14-6-5-11(20)8-13(14)21/h2-8,12H,9,22H2,1H3/t12-/m0/s1. The number of imide groups is 1. The van der Waals surface area contributed by atoms with Gasteiger partial charge in [0.2, 0.25) is 11.8 Å². The van der Waals surface area contributed by atoms with E-state index >= 15 is 0 Å². The number of carbonyl (C=O) groups is 2. The van der Waals surface area contributed by atoms with Crippen LogP contribution in [0.3, 0.4) is 0 Å². The van der Waals surface area contributed by atoms with Crippen LogP contribution in [0.15, 0.2) is 42.6 Å². The highest BCUT2D eigenvalue weighted by molar-refractivity contribution is 6.38. The zero-order valence-corrected chi connectivity index (χ0v) is 16.3. The van der Waals surface area contributed by atoms with Gasteiger partial charge in [0.1, 0.15) is 5.82 Å². The van der Waals surface area contributed by atoms with Crippen LogP contribution in [0.4, 0.5) is 11.5 Å². The Morgan fingerprint density at radius 1 is 1.18 bits per heavy atom. The predicted octanol–water partition coefficient (Wildman–Crippen LogP) is 3.51. The summed E-state index contributed by atoms with van der Waals surface area (Å²) in [4.78, 5) is 31.1. The van der Waals surface area contributed by atoms with Crippen molar-refractivity contribution in [1.82, 2.24) is 14.8 Å². The average Bonchev–Trinajstić information content (AvgIpc) is 3.11. The number of pyridine rings is 1. The summed E-state index contributed by atoms with van der Waals surface area (Å²) in [5, 5.41) is 5.06. The summed E-state index contributed by atoms with van der Waals surface area (Å²) < 4.78 is 1.47. The molecule has 7 nitrogen and oxygen atoms in total. The molecule has 0 radical (unpaired) electrons. The summed E-state index contributed by atoms with van der Waals surface area (Å²) in [5.41, 5.74) is 7.69. The Balaban J connectivity index is 1.75. The second-order valence-electron chi connectivity index (χ2n) is 6.40. The van der Waals surface area contributed by atoms with E-state index in [1.165, 1.54) is 10.7 Å². The van der Waals surface area contributed by atoms with Crippen molar-refractivity contribution < 1.29 is 9.59 Å². The third-order valence-electron chi connectivity index (χ3n) is 4.66. The first-order chi connectivity index (χ1) is 13.4. The predicted molar refractivity (Wildman–Crippen MR) is 107 cm³/mol. The maximum atomic E-state index is 13.1. The number of aryl methyl sites for hydroxylation is 1. The third-order valence-corrected chi connectivity index (χ3v) is 5.19. The van der Waals surface area contributed by atoms with Crippen LogP contribution in [0.1, 0.15) is 23.6 Å². The van der Waals surface area contributed by atoms with Crippen molar-refractivity contribution in [3.05, 3.63) is 63.9 Å². The van der Waals surface area contributed by atoms with Crippen LogP contribution in [0.25, 0.3) is 5.82 Å². The number of hydrogen-bond donors (Lipinski definition) is 1. The van der Waals surface area contributed by atoms with Gasteiger partial charge in [-0.25, -0.2) is 9.88 Å². The molecular formula is C19H15Cl2N5O2. The van der Waals surface area contributed by atoms with Crippen LogP contribution >= 0.6 is 23.2 Å². The highest BCUT2D eigenvalue weighted by Gasteiger charge is 2.43. The number of hydrogen-bond acceptors (Lipinski definition) is 5. The molecule has 3 aromatic rings. The van der Waals surface area contributed by atoms with E-state index in [9.17, 15) is 9.59 Å². The largest absolute Gasteiger partial charge is 0.383 e. The van der Waals surface area contributed by atoms with Crippen LogP contribution < -0.4 is 10.6 Å². The molecule has 142 valence electrons. The monoisotopic (exact) mass is 415 g/mol. The van der Waals surface area contributed by atoms with E-state index in [0.29, 0.717) is 27.8 Å². The zero-order valence-electron chi connectivity index (χ0n) is 14.8. The number of halogens is 2. The number of nitrogens with zero attached hydrogens (tertiary/aromatic N) is 4. The van der Waals surface area contributed by atoms with Crippen LogP contribution in [-0.4, -0.2) is 26.6 Å². The topological polar surface area (TPSA) is 94.1 Å². The molecule has 1 saturated heterocycles. The van der Waals surface area contributed by atoms with E-state index < -0.39 is 11.8 Å². The number of nitrogens with two attached hydrogens (primary N) is 1. The molecule has 2 aromatic heterocycles. The molecule has 9 heteroatoms. The Bertz CT molecular complexity index is 1100. The van der Waals surface area contributed by atoms with Gasteiger partial charge >= 0.3 is 0 Å². The van der Waals surface area contributed by atoms with Gasteiger partial charge < -0.3 is 5.73 Å². The average molecular weight is 416 g/mol. The van der Waals surface area contributed by atoms with Gasteiger partial charge in [0.15, 0.2) is 5.82 Å².